The number of carbonyl (C=O) groups is 1. The van der Waals surface area contributed by atoms with Gasteiger partial charge in [-0.3, -0.25) is 4.79 Å². The van der Waals surface area contributed by atoms with Crippen LogP contribution in [0.5, 0.6) is 0 Å². The Labute approximate surface area is 131 Å². The summed E-state index contributed by atoms with van der Waals surface area (Å²) in [6, 6.07) is 7.52. The third kappa shape index (κ3) is 3.80. The second-order valence-corrected chi connectivity index (χ2v) is 6.43. The lowest BCUT2D eigenvalue weighted by Crippen LogP contribution is -2.57. The van der Waals surface area contributed by atoms with E-state index in [1.165, 1.54) is 6.42 Å². The first kappa shape index (κ1) is 15.9. The fraction of sp³-hybridized carbons (Fsp3) is 0.500. The molecule has 5 heteroatoms. The van der Waals surface area contributed by atoms with E-state index < -0.39 is 0 Å². The summed E-state index contributed by atoms with van der Waals surface area (Å²) in [5, 5.41) is 3.06. The number of likely N-dealkylation sites (N-methyl/N-ethyl adjacent to an activating group) is 1. The van der Waals surface area contributed by atoms with Crippen molar-refractivity contribution in [1.82, 2.24) is 10.2 Å². The first-order chi connectivity index (χ1) is 9.93. The number of amides is 1. The van der Waals surface area contributed by atoms with E-state index in [-0.39, 0.29) is 11.4 Å². The van der Waals surface area contributed by atoms with E-state index in [1.54, 1.807) is 0 Å². The number of carbonyl (C=O) groups excluding carboxylic acids is 1. The van der Waals surface area contributed by atoms with Gasteiger partial charge in [-0.1, -0.05) is 36.5 Å². The van der Waals surface area contributed by atoms with E-state index in [2.05, 4.69) is 24.3 Å². The van der Waals surface area contributed by atoms with Crippen molar-refractivity contribution in [3.05, 3.63) is 35.4 Å². The van der Waals surface area contributed by atoms with Crippen molar-refractivity contribution in [2.24, 2.45) is 5.73 Å². The summed E-state index contributed by atoms with van der Waals surface area (Å²) in [5.41, 5.74) is 7.52. The maximum absolute atomic E-state index is 12.1. The largest absolute Gasteiger partial charge is 0.389 e. The first-order valence-electron chi connectivity index (χ1n) is 7.26. The lowest BCUT2D eigenvalue weighted by Gasteiger charge is -2.47. The molecular weight excluding hydrogens is 282 g/mol. The van der Waals surface area contributed by atoms with Gasteiger partial charge in [0.25, 0.3) is 0 Å². The number of hydrogen-bond donors (Lipinski definition) is 2. The Kier molecular flexibility index (Phi) is 4.96. The van der Waals surface area contributed by atoms with Crippen LogP contribution in [0.1, 0.15) is 30.4 Å². The number of benzene rings is 1. The molecule has 0 unspecified atom stereocenters. The average Bonchev–Trinajstić information content (AvgIpc) is 2.37. The molecule has 1 fully saturated rings. The topological polar surface area (TPSA) is 58.4 Å². The number of thiocarbonyl (C=S) groups is 1. The quantitative estimate of drug-likeness (QED) is 0.781. The summed E-state index contributed by atoms with van der Waals surface area (Å²) >= 11 is 4.91. The van der Waals surface area contributed by atoms with Gasteiger partial charge >= 0.3 is 0 Å². The summed E-state index contributed by atoms with van der Waals surface area (Å²) in [6.07, 6.45) is 3.95. The van der Waals surface area contributed by atoms with Crippen molar-refractivity contribution in [3.63, 3.8) is 0 Å². The number of nitrogens with one attached hydrogen (secondary N) is 1. The highest BCUT2D eigenvalue weighted by Gasteiger charge is 2.39. The van der Waals surface area contributed by atoms with Crippen molar-refractivity contribution in [2.75, 3.05) is 20.6 Å². The molecule has 0 aliphatic heterocycles. The minimum Gasteiger partial charge on any atom is -0.389 e. The second-order valence-electron chi connectivity index (χ2n) is 5.99. The molecule has 0 spiro atoms. The molecule has 0 atom stereocenters. The molecule has 1 aliphatic carbocycles. The van der Waals surface area contributed by atoms with E-state index in [0.29, 0.717) is 11.4 Å². The van der Waals surface area contributed by atoms with E-state index >= 15 is 0 Å². The van der Waals surface area contributed by atoms with Crippen LogP contribution in [0, 0.1) is 0 Å². The van der Waals surface area contributed by atoms with Crippen LogP contribution in [0.25, 0.3) is 0 Å². The summed E-state index contributed by atoms with van der Waals surface area (Å²) in [5.74, 6) is 0.0613. The van der Waals surface area contributed by atoms with Crippen LogP contribution in [0.2, 0.25) is 0 Å². The Bertz CT molecular complexity index is 521. The summed E-state index contributed by atoms with van der Waals surface area (Å²) < 4.78 is 0. The molecule has 0 bridgehead atoms. The molecule has 2 rings (SSSR count). The van der Waals surface area contributed by atoms with E-state index in [9.17, 15) is 4.79 Å². The van der Waals surface area contributed by atoms with Crippen LogP contribution < -0.4 is 11.1 Å². The minimum atomic E-state index is 0.0613. The molecule has 1 aromatic rings. The van der Waals surface area contributed by atoms with Gasteiger partial charge in [0, 0.05) is 17.6 Å². The van der Waals surface area contributed by atoms with Crippen molar-refractivity contribution < 1.29 is 4.79 Å². The summed E-state index contributed by atoms with van der Waals surface area (Å²) in [6.45, 7) is 0.726. The number of nitrogens with zero attached hydrogens (tertiary/aromatic N) is 1. The Hall–Kier alpha value is -1.46. The highest BCUT2D eigenvalue weighted by molar-refractivity contribution is 7.80. The van der Waals surface area contributed by atoms with Gasteiger partial charge in [-0.15, -0.1) is 0 Å². The van der Waals surface area contributed by atoms with Gasteiger partial charge in [0.15, 0.2) is 0 Å². The smallest absolute Gasteiger partial charge is 0.224 e. The highest BCUT2D eigenvalue weighted by Crippen LogP contribution is 2.35. The second kappa shape index (κ2) is 6.54. The molecule has 0 heterocycles. The fourth-order valence-electron chi connectivity index (χ4n) is 2.66. The van der Waals surface area contributed by atoms with Crippen molar-refractivity contribution >= 4 is 23.1 Å². The molecule has 1 aliphatic rings. The maximum Gasteiger partial charge on any atom is 0.224 e. The Morgan fingerprint density at radius 2 is 1.95 bits per heavy atom. The van der Waals surface area contributed by atoms with Gasteiger partial charge in [0.05, 0.1) is 6.42 Å². The number of rotatable bonds is 6. The lowest BCUT2D eigenvalue weighted by atomic mass is 9.75. The molecule has 0 saturated heterocycles. The predicted molar refractivity (Wildman–Crippen MR) is 89.3 cm³/mol. The van der Waals surface area contributed by atoms with Gasteiger partial charge in [-0.25, -0.2) is 0 Å². The lowest BCUT2D eigenvalue weighted by molar-refractivity contribution is -0.121. The van der Waals surface area contributed by atoms with Gasteiger partial charge in [-0.05, 0) is 38.9 Å². The monoisotopic (exact) mass is 305 g/mol. The third-order valence-electron chi connectivity index (χ3n) is 4.45. The minimum absolute atomic E-state index is 0.0613. The zero-order chi connectivity index (χ0) is 15.5. The molecule has 0 aromatic heterocycles. The Balaban J connectivity index is 1.85. The Morgan fingerprint density at radius 3 is 2.38 bits per heavy atom. The Morgan fingerprint density at radius 1 is 1.33 bits per heavy atom. The van der Waals surface area contributed by atoms with Gasteiger partial charge < -0.3 is 16.0 Å². The van der Waals surface area contributed by atoms with E-state index in [1.807, 2.05) is 24.3 Å². The van der Waals surface area contributed by atoms with Crippen molar-refractivity contribution in [3.8, 4) is 0 Å². The molecule has 1 amide bonds. The molecule has 21 heavy (non-hydrogen) atoms. The molecule has 1 saturated carbocycles. The first-order valence-corrected chi connectivity index (χ1v) is 7.67. The van der Waals surface area contributed by atoms with E-state index in [0.717, 1.165) is 30.5 Å². The normalized spacial score (nSPS) is 16.3. The van der Waals surface area contributed by atoms with Crippen LogP contribution in [0.4, 0.5) is 0 Å². The summed E-state index contributed by atoms with van der Waals surface area (Å²) in [7, 11) is 4.17. The molecule has 4 nitrogen and oxygen atoms in total. The zero-order valence-electron chi connectivity index (χ0n) is 12.7. The van der Waals surface area contributed by atoms with Gasteiger partial charge in [0.2, 0.25) is 5.91 Å². The number of hydrogen-bond acceptors (Lipinski definition) is 3. The van der Waals surface area contributed by atoms with Crippen LogP contribution in [-0.4, -0.2) is 42.0 Å². The van der Waals surface area contributed by atoms with Crippen LogP contribution in [0.15, 0.2) is 24.3 Å². The van der Waals surface area contributed by atoms with E-state index in [4.69, 9.17) is 18.0 Å². The fourth-order valence-corrected chi connectivity index (χ4v) is 2.80. The predicted octanol–water partition coefficient (Wildman–Crippen LogP) is 1.46. The van der Waals surface area contributed by atoms with Gasteiger partial charge in [-0.2, -0.15) is 0 Å². The average molecular weight is 305 g/mol. The molecule has 1 aromatic carbocycles. The molecule has 114 valence electrons. The zero-order valence-corrected chi connectivity index (χ0v) is 13.5. The van der Waals surface area contributed by atoms with Crippen LogP contribution in [-0.2, 0) is 11.2 Å². The summed E-state index contributed by atoms with van der Waals surface area (Å²) in [4.78, 5) is 14.7. The van der Waals surface area contributed by atoms with Crippen LogP contribution in [0.3, 0.4) is 0 Å². The van der Waals surface area contributed by atoms with Crippen LogP contribution >= 0.6 is 12.2 Å². The molecule has 3 N–H and O–H groups in total. The third-order valence-corrected chi connectivity index (χ3v) is 4.69. The molecular formula is C16H23N3OS. The maximum atomic E-state index is 12.1. The SMILES string of the molecule is CN(C)C1(CNC(=O)Cc2ccc(C(N)=S)cc2)CCC1. The number of nitrogens with two attached hydrogens (primary N) is 1. The van der Waals surface area contributed by atoms with Crippen molar-refractivity contribution in [2.45, 2.75) is 31.2 Å². The van der Waals surface area contributed by atoms with Crippen molar-refractivity contribution in [1.29, 1.82) is 0 Å². The highest BCUT2D eigenvalue weighted by atomic mass is 32.1. The van der Waals surface area contributed by atoms with Gasteiger partial charge in [0.1, 0.15) is 4.99 Å². The molecule has 0 radical (unpaired) electrons. The standard InChI is InChI=1S/C16H23N3OS/c1-19(2)16(8-3-9-16)11-18-14(20)10-12-4-6-13(7-5-12)15(17)21/h4-7H,3,8-11H2,1-2H3,(H2,17,21)(H,18,20).